The van der Waals surface area contributed by atoms with Gasteiger partial charge in [-0.2, -0.15) is 0 Å². The van der Waals surface area contributed by atoms with E-state index in [1.54, 1.807) is 24.6 Å². The maximum Gasteiger partial charge on any atom is 0.236 e. The molecule has 0 spiro atoms. The molecule has 1 heterocycles. The molecule has 1 aromatic heterocycles. The van der Waals surface area contributed by atoms with Crippen molar-refractivity contribution in [1.82, 2.24) is 15.6 Å². The van der Waals surface area contributed by atoms with Crippen molar-refractivity contribution in [2.45, 2.75) is 19.4 Å². The zero-order valence-electron chi connectivity index (χ0n) is 8.41. The molecule has 5 heteroatoms. The first-order chi connectivity index (χ1) is 6.74. The smallest absolute Gasteiger partial charge is 0.236 e. The molecule has 0 aliphatic carbocycles. The van der Waals surface area contributed by atoms with Gasteiger partial charge in [0.15, 0.2) is 0 Å². The summed E-state index contributed by atoms with van der Waals surface area (Å²) in [6, 6.07) is -0.133. The van der Waals surface area contributed by atoms with E-state index in [4.69, 9.17) is 0 Å². The summed E-state index contributed by atoms with van der Waals surface area (Å²) in [7, 11) is 1.77. The van der Waals surface area contributed by atoms with Crippen molar-refractivity contribution in [2.24, 2.45) is 0 Å². The molecule has 4 nitrogen and oxygen atoms in total. The first-order valence-electron chi connectivity index (χ1n) is 4.57. The molecule has 0 aliphatic rings. The van der Waals surface area contributed by atoms with Gasteiger partial charge in [-0.15, -0.1) is 11.3 Å². The van der Waals surface area contributed by atoms with Gasteiger partial charge >= 0.3 is 0 Å². The quantitative estimate of drug-likeness (QED) is 0.745. The number of amides is 1. The highest BCUT2D eigenvalue weighted by molar-refractivity contribution is 7.09. The first-order valence-corrected chi connectivity index (χ1v) is 5.45. The molecular formula is C9H15N3OS. The van der Waals surface area contributed by atoms with Gasteiger partial charge in [0, 0.05) is 24.5 Å². The van der Waals surface area contributed by atoms with Crippen LogP contribution in [-0.4, -0.2) is 30.5 Å². The lowest BCUT2D eigenvalue weighted by Crippen LogP contribution is -2.41. The molecule has 1 aromatic rings. The van der Waals surface area contributed by atoms with Crippen molar-refractivity contribution < 1.29 is 4.79 Å². The number of aromatic nitrogens is 1. The highest BCUT2D eigenvalue weighted by atomic mass is 32.1. The van der Waals surface area contributed by atoms with Gasteiger partial charge in [0.05, 0.1) is 11.0 Å². The Labute approximate surface area is 87.7 Å². The minimum atomic E-state index is -0.133. The van der Waals surface area contributed by atoms with Crippen LogP contribution in [0.15, 0.2) is 11.6 Å². The topological polar surface area (TPSA) is 54.0 Å². The molecule has 1 amide bonds. The van der Waals surface area contributed by atoms with Crippen LogP contribution in [-0.2, 0) is 11.2 Å². The van der Waals surface area contributed by atoms with Crippen molar-refractivity contribution in [1.29, 1.82) is 0 Å². The van der Waals surface area contributed by atoms with Gasteiger partial charge in [-0.3, -0.25) is 4.79 Å². The maximum absolute atomic E-state index is 11.3. The highest BCUT2D eigenvalue weighted by Gasteiger charge is 2.08. The molecule has 1 rings (SSSR count). The Kier molecular flexibility index (Phi) is 4.55. The van der Waals surface area contributed by atoms with Crippen LogP contribution in [0.4, 0.5) is 0 Å². The van der Waals surface area contributed by atoms with Crippen LogP contribution >= 0.6 is 11.3 Å². The number of likely N-dealkylation sites (N-methyl/N-ethyl adjacent to an activating group) is 1. The number of carbonyl (C=O) groups is 1. The second kappa shape index (κ2) is 5.72. The van der Waals surface area contributed by atoms with Crippen LogP contribution in [0, 0.1) is 0 Å². The maximum atomic E-state index is 11.3. The highest BCUT2D eigenvalue weighted by Crippen LogP contribution is 2.03. The van der Waals surface area contributed by atoms with Crippen molar-refractivity contribution in [3.05, 3.63) is 16.6 Å². The van der Waals surface area contributed by atoms with Crippen molar-refractivity contribution in [3.63, 3.8) is 0 Å². The molecule has 14 heavy (non-hydrogen) atoms. The molecule has 2 N–H and O–H groups in total. The summed E-state index contributed by atoms with van der Waals surface area (Å²) in [4.78, 5) is 15.4. The number of hydrogen-bond acceptors (Lipinski definition) is 4. The van der Waals surface area contributed by atoms with Crippen molar-refractivity contribution >= 4 is 17.2 Å². The van der Waals surface area contributed by atoms with Gasteiger partial charge in [0.25, 0.3) is 0 Å². The first kappa shape index (κ1) is 11.1. The Morgan fingerprint density at radius 2 is 2.50 bits per heavy atom. The van der Waals surface area contributed by atoms with E-state index >= 15 is 0 Å². The summed E-state index contributed by atoms with van der Waals surface area (Å²) in [5.74, 6) is 0.0315. The standard InChI is InChI=1S/C9H15N3OS/c1-7(10-2)9(13)12-4-3-8-11-5-6-14-8/h5-7,10H,3-4H2,1-2H3,(H,12,13). The second-order valence-electron chi connectivity index (χ2n) is 2.98. The number of carbonyl (C=O) groups excluding carboxylic acids is 1. The van der Waals surface area contributed by atoms with Gasteiger partial charge in [-0.1, -0.05) is 0 Å². The SMILES string of the molecule is CNC(C)C(=O)NCCc1nccs1. The number of nitrogens with zero attached hydrogens (tertiary/aromatic N) is 1. The molecule has 0 fully saturated rings. The summed E-state index contributed by atoms with van der Waals surface area (Å²) in [5.41, 5.74) is 0. The fourth-order valence-corrected chi connectivity index (χ4v) is 1.57. The van der Waals surface area contributed by atoms with Crippen molar-refractivity contribution in [3.8, 4) is 0 Å². The van der Waals surface area contributed by atoms with Crippen LogP contribution in [0.3, 0.4) is 0 Å². The molecule has 1 atom stereocenters. The predicted octanol–water partition coefficient (Wildman–Crippen LogP) is 0.410. The Morgan fingerprint density at radius 3 is 3.07 bits per heavy atom. The fraction of sp³-hybridized carbons (Fsp3) is 0.556. The van der Waals surface area contributed by atoms with E-state index in [-0.39, 0.29) is 11.9 Å². The van der Waals surface area contributed by atoms with E-state index in [1.807, 2.05) is 12.3 Å². The Morgan fingerprint density at radius 1 is 1.71 bits per heavy atom. The predicted molar refractivity (Wildman–Crippen MR) is 57.3 cm³/mol. The summed E-state index contributed by atoms with van der Waals surface area (Å²) in [6.07, 6.45) is 2.58. The molecule has 0 aliphatic heterocycles. The van der Waals surface area contributed by atoms with Crippen molar-refractivity contribution in [2.75, 3.05) is 13.6 Å². The number of hydrogen-bond donors (Lipinski definition) is 2. The van der Waals surface area contributed by atoms with Gasteiger partial charge in [0.2, 0.25) is 5.91 Å². The lowest BCUT2D eigenvalue weighted by Gasteiger charge is -2.09. The largest absolute Gasteiger partial charge is 0.354 e. The summed E-state index contributed by atoms with van der Waals surface area (Å²) < 4.78 is 0. The second-order valence-corrected chi connectivity index (χ2v) is 3.96. The van der Waals surface area contributed by atoms with Gasteiger partial charge < -0.3 is 10.6 Å². The van der Waals surface area contributed by atoms with Crippen LogP contribution in [0.2, 0.25) is 0 Å². The third kappa shape index (κ3) is 3.43. The van der Waals surface area contributed by atoms with Gasteiger partial charge in [-0.05, 0) is 14.0 Å². The van der Waals surface area contributed by atoms with Gasteiger partial charge in [0.1, 0.15) is 0 Å². The minimum absolute atomic E-state index is 0.0315. The third-order valence-electron chi connectivity index (χ3n) is 1.95. The average Bonchev–Trinajstić information content (AvgIpc) is 2.69. The normalized spacial score (nSPS) is 12.4. The molecule has 0 radical (unpaired) electrons. The van der Waals surface area contributed by atoms with E-state index in [0.29, 0.717) is 6.54 Å². The minimum Gasteiger partial charge on any atom is -0.354 e. The molecule has 1 unspecified atom stereocenters. The van der Waals surface area contributed by atoms with Crippen LogP contribution in [0.25, 0.3) is 0 Å². The zero-order chi connectivity index (χ0) is 10.4. The molecule has 0 bridgehead atoms. The number of thiazole rings is 1. The van der Waals surface area contributed by atoms with E-state index in [2.05, 4.69) is 15.6 Å². The Hall–Kier alpha value is -0.940. The summed E-state index contributed by atoms with van der Waals surface area (Å²) in [5, 5.41) is 8.72. The Bertz CT molecular complexity index is 274. The van der Waals surface area contributed by atoms with Crippen LogP contribution in [0.5, 0.6) is 0 Å². The zero-order valence-corrected chi connectivity index (χ0v) is 9.23. The summed E-state index contributed by atoms with van der Waals surface area (Å²) in [6.45, 7) is 2.48. The number of rotatable bonds is 5. The van der Waals surface area contributed by atoms with E-state index < -0.39 is 0 Å². The summed E-state index contributed by atoms with van der Waals surface area (Å²) >= 11 is 1.61. The van der Waals surface area contributed by atoms with E-state index in [1.165, 1.54) is 0 Å². The molecular weight excluding hydrogens is 198 g/mol. The van der Waals surface area contributed by atoms with E-state index in [0.717, 1.165) is 11.4 Å². The lowest BCUT2D eigenvalue weighted by molar-refractivity contribution is -0.122. The van der Waals surface area contributed by atoms with Crippen LogP contribution < -0.4 is 10.6 Å². The monoisotopic (exact) mass is 213 g/mol. The Balaban J connectivity index is 2.18. The molecule has 0 saturated heterocycles. The fourth-order valence-electron chi connectivity index (χ4n) is 0.953. The van der Waals surface area contributed by atoms with Gasteiger partial charge in [-0.25, -0.2) is 4.98 Å². The van der Waals surface area contributed by atoms with Crippen LogP contribution in [0.1, 0.15) is 11.9 Å². The average molecular weight is 213 g/mol. The van der Waals surface area contributed by atoms with E-state index in [9.17, 15) is 4.79 Å². The number of nitrogens with one attached hydrogen (secondary N) is 2. The molecule has 78 valence electrons. The molecule has 0 aromatic carbocycles. The third-order valence-corrected chi connectivity index (χ3v) is 2.79. The molecule has 0 saturated carbocycles. The lowest BCUT2D eigenvalue weighted by atomic mass is 10.3.